The van der Waals surface area contributed by atoms with Gasteiger partial charge in [-0.25, -0.2) is 14.4 Å². The van der Waals surface area contributed by atoms with Crippen molar-refractivity contribution in [3.63, 3.8) is 0 Å². The zero-order valence-corrected chi connectivity index (χ0v) is 10.4. The van der Waals surface area contributed by atoms with E-state index in [1.165, 1.54) is 12.1 Å². The number of H-pyrrole nitrogens is 1. The number of rotatable bonds is 1. The van der Waals surface area contributed by atoms with Crippen molar-refractivity contribution in [3.05, 3.63) is 45.8 Å². The zero-order valence-electron chi connectivity index (χ0n) is 10.4. The Morgan fingerprint density at radius 2 is 2.00 bits per heavy atom. The first-order chi connectivity index (χ1) is 9.24. The van der Waals surface area contributed by atoms with E-state index in [0.717, 1.165) is 49.6 Å². The highest BCUT2D eigenvalue weighted by Gasteiger charge is 2.15. The Balaban J connectivity index is 2.08. The summed E-state index contributed by atoms with van der Waals surface area (Å²) in [5, 5.41) is 0. The normalized spacial score (nSPS) is 14.8. The summed E-state index contributed by atoms with van der Waals surface area (Å²) in [7, 11) is 0. The Labute approximate surface area is 109 Å². The maximum Gasteiger partial charge on any atom is 0.254 e. The van der Waals surface area contributed by atoms with E-state index in [1.54, 1.807) is 0 Å². The van der Waals surface area contributed by atoms with Crippen LogP contribution in [-0.4, -0.2) is 15.0 Å². The summed E-state index contributed by atoms with van der Waals surface area (Å²) in [6, 6.07) is 2.84. The van der Waals surface area contributed by atoms with Crippen LogP contribution < -0.4 is 5.56 Å². The lowest BCUT2D eigenvalue weighted by Crippen LogP contribution is -2.18. The minimum Gasteiger partial charge on any atom is -0.305 e. The van der Waals surface area contributed by atoms with Crippen molar-refractivity contribution < 1.29 is 4.39 Å². The first-order valence-electron chi connectivity index (χ1n) is 6.48. The number of aromatic amines is 1. The van der Waals surface area contributed by atoms with Gasteiger partial charge in [0.1, 0.15) is 11.5 Å². The fourth-order valence-electron chi connectivity index (χ4n) is 2.42. The van der Waals surface area contributed by atoms with Gasteiger partial charge in [-0.15, -0.1) is 0 Å². The number of nitrogens with zero attached hydrogens (tertiary/aromatic N) is 2. The molecule has 5 heteroatoms. The van der Waals surface area contributed by atoms with Crippen molar-refractivity contribution >= 4 is 0 Å². The molecule has 1 aliphatic carbocycles. The number of pyridine rings is 1. The van der Waals surface area contributed by atoms with Crippen molar-refractivity contribution in [3.8, 4) is 11.5 Å². The quantitative estimate of drug-likeness (QED) is 0.799. The number of aromatic nitrogens is 3. The lowest BCUT2D eigenvalue weighted by atomic mass is 10.1. The molecule has 2 aromatic heterocycles. The minimum absolute atomic E-state index is 0.0898. The van der Waals surface area contributed by atoms with Crippen LogP contribution in [0.3, 0.4) is 0 Å². The molecular formula is C14H14FN3O. The highest BCUT2D eigenvalue weighted by molar-refractivity contribution is 5.49. The van der Waals surface area contributed by atoms with Crippen LogP contribution in [0, 0.1) is 5.82 Å². The van der Waals surface area contributed by atoms with Crippen LogP contribution in [0.25, 0.3) is 11.5 Å². The zero-order chi connectivity index (χ0) is 13.2. The number of halogens is 1. The third-order valence-electron chi connectivity index (χ3n) is 3.41. The van der Waals surface area contributed by atoms with Crippen LogP contribution in [0.4, 0.5) is 4.39 Å². The summed E-state index contributed by atoms with van der Waals surface area (Å²) in [4.78, 5) is 23.3. The van der Waals surface area contributed by atoms with Crippen molar-refractivity contribution in [1.29, 1.82) is 0 Å². The molecule has 4 nitrogen and oxygen atoms in total. The second-order valence-corrected chi connectivity index (χ2v) is 4.76. The van der Waals surface area contributed by atoms with Gasteiger partial charge < -0.3 is 4.98 Å². The van der Waals surface area contributed by atoms with E-state index in [-0.39, 0.29) is 5.56 Å². The minimum atomic E-state index is -0.402. The van der Waals surface area contributed by atoms with Gasteiger partial charge in [0, 0.05) is 5.56 Å². The van der Waals surface area contributed by atoms with Gasteiger partial charge in [0.25, 0.3) is 5.56 Å². The average Bonchev–Trinajstić information content (AvgIpc) is 2.65. The van der Waals surface area contributed by atoms with Crippen LogP contribution >= 0.6 is 0 Å². The lowest BCUT2D eigenvalue weighted by molar-refractivity contribution is 0.621. The summed E-state index contributed by atoms with van der Waals surface area (Å²) in [5.41, 5.74) is 2.06. The number of nitrogens with one attached hydrogen (secondary N) is 1. The molecule has 0 fully saturated rings. The summed E-state index contributed by atoms with van der Waals surface area (Å²) < 4.78 is 12.9. The van der Waals surface area contributed by atoms with Crippen molar-refractivity contribution in [2.45, 2.75) is 32.1 Å². The summed E-state index contributed by atoms with van der Waals surface area (Å²) >= 11 is 0. The molecule has 0 aliphatic heterocycles. The molecule has 0 bridgehead atoms. The third-order valence-corrected chi connectivity index (χ3v) is 3.41. The molecule has 1 N–H and O–H groups in total. The fraction of sp³-hybridized carbons (Fsp3) is 0.357. The van der Waals surface area contributed by atoms with Gasteiger partial charge in [-0.05, 0) is 37.8 Å². The molecule has 0 spiro atoms. The van der Waals surface area contributed by atoms with Gasteiger partial charge >= 0.3 is 0 Å². The Morgan fingerprint density at radius 1 is 1.16 bits per heavy atom. The number of aryl methyl sites for hydroxylation is 1. The standard InChI is InChI=1S/C14H14FN3O/c15-9-6-7-12(16-8-9)13-17-11-5-3-1-2-4-10(11)14(19)18-13/h6-8H,1-5H2,(H,17,18,19). The molecule has 0 aromatic carbocycles. The van der Waals surface area contributed by atoms with Crippen LogP contribution in [0.5, 0.6) is 0 Å². The van der Waals surface area contributed by atoms with Gasteiger partial charge in [0.2, 0.25) is 0 Å². The van der Waals surface area contributed by atoms with Gasteiger partial charge in [-0.3, -0.25) is 4.79 Å². The van der Waals surface area contributed by atoms with Crippen molar-refractivity contribution in [1.82, 2.24) is 15.0 Å². The highest BCUT2D eigenvalue weighted by atomic mass is 19.1. The molecule has 0 radical (unpaired) electrons. The number of fused-ring (bicyclic) bond motifs is 1. The number of hydrogen-bond acceptors (Lipinski definition) is 3. The molecule has 0 saturated carbocycles. The second-order valence-electron chi connectivity index (χ2n) is 4.76. The predicted octanol–water partition coefficient (Wildman–Crippen LogP) is 2.24. The van der Waals surface area contributed by atoms with E-state index in [9.17, 15) is 9.18 Å². The maximum absolute atomic E-state index is 12.9. The predicted molar refractivity (Wildman–Crippen MR) is 69.3 cm³/mol. The molecule has 98 valence electrons. The van der Waals surface area contributed by atoms with Gasteiger partial charge in [0.15, 0.2) is 5.82 Å². The van der Waals surface area contributed by atoms with Gasteiger partial charge in [-0.2, -0.15) is 0 Å². The summed E-state index contributed by atoms with van der Waals surface area (Å²) in [5.74, 6) is 0.0199. The second kappa shape index (κ2) is 4.91. The Hall–Kier alpha value is -2.04. The molecule has 0 atom stereocenters. The summed E-state index contributed by atoms with van der Waals surface area (Å²) in [6.07, 6.45) is 5.95. The van der Waals surface area contributed by atoms with E-state index in [1.807, 2.05) is 0 Å². The molecule has 19 heavy (non-hydrogen) atoms. The first kappa shape index (κ1) is 12.0. The van der Waals surface area contributed by atoms with Crippen molar-refractivity contribution in [2.24, 2.45) is 0 Å². The average molecular weight is 259 g/mol. The van der Waals surface area contributed by atoms with E-state index in [2.05, 4.69) is 15.0 Å². The molecule has 0 unspecified atom stereocenters. The molecule has 2 aromatic rings. The van der Waals surface area contributed by atoms with E-state index in [0.29, 0.717) is 11.5 Å². The van der Waals surface area contributed by atoms with Crippen LogP contribution in [0.15, 0.2) is 23.1 Å². The largest absolute Gasteiger partial charge is 0.305 e. The SMILES string of the molecule is O=c1[nH]c(-c2ccc(F)cn2)nc2c1CCCCC2. The van der Waals surface area contributed by atoms with Gasteiger partial charge in [-0.1, -0.05) is 6.42 Å². The molecular weight excluding hydrogens is 245 g/mol. The fourth-order valence-corrected chi connectivity index (χ4v) is 2.42. The summed E-state index contributed by atoms with van der Waals surface area (Å²) in [6.45, 7) is 0. The smallest absolute Gasteiger partial charge is 0.254 e. The van der Waals surface area contributed by atoms with Crippen LogP contribution in [0.1, 0.15) is 30.5 Å². The number of hydrogen-bond donors (Lipinski definition) is 1. The van der Waals surface area contributed by atoms with E-state index >= 15 is 0 Å². The lowest BCUT2D eigenvalue weighted by Gasteiger charge is -2.06. The molecule has 0 saturated heterocycles. The van der Waals surface area contributed by atoms with E-state index in [4.69, 9.17) is 0 Å². The first-order valence-corrected chi connectivity index (χ1v) is 6.48. The Morgan fingerprint density at radius 3 is 2.79 bits per heavy atom. The monoisotopic (exact) mass is 259 g/mol. The molecule has 2 heterocycles. The highest BCUT2D eigenvalue weighted by Crippen LogP contribution is 2.18. The maximum atomic E-state index is 12.9. The Kier molecular flexibility index (Phi) is 3.11. The third kappa shape index (κ3) is 2.41. The van der Waals surface area contributed by atoms with Crippen LogP contribution in [0.2, 0.25) is 0 Å². The van der Waals surface area contributed by atoms with Crippen molar-refractivity contribution in [2.75, 3.05) is 0 Å². The Bertz CT molecular complexity index is 649. The van der Waals surface area contributed by atoms with Crippen LogP contribution in [-0.2, 0) is 12.8 Å². The topological polar surface area (TPSA) is 58.6 Å². The molecule has 0 amide bonds. The van der Waals surface area contributed by atoms with Gasteiger partial charge in [0.05, 0.1) is 11.9 Å². The molecule has 1 aliphatic rings. The molecule has 3 rings (SSSR count). The van der Waals surface area contributed by atoms with E-state index < -0.39 is 5.82 Å².